The van der Waals surface area contributed by atoms with Crippen molar-refractivity contribution in [2.45, 2.75) is 18.7 Å². The van der Waals surface area contributed by atoms with E-state index in [4.69, 9.17) is 0 Å². The lowest BCUT2D eigenvalue weighted by atomic mass is 10.2. The number of aryl methyl sites for hydroxylation is 1. The highest BCUT2D eigenvalue weighted by atomic mass is 79.9. The Labute approximate surface area is 151 Å². The van der Waals surface area contributed by atoms with Crippen molar-refractivity contribution in [3.05, 3.63) is 50.9 Å². The van der Waals surface area contributed by atoms with E-state index in [-0.39, 0.29) is 10.8 Å². The second kappa shape index (κ2) is 7.02. The van der Waals surface area contributed by atoms with Gasteiger partial charge in [0.1, 0.15) is 4.90 Å². The van der Waals surface area contributed by atoms with Crippen molar-refractivity contribution in [1.29, 1.82) is 0 Å². The van der Waals surface area contributed by atoms with Crippen LogP contribution in [0.3, 0.4) is 0 Å². The van der Waals surface area contributed by atoms with Gasteiger partial charge in [-0.2, -0.15) is 0 Å². The van der Waals surface area contributed by atoms with E-state index in [1.807, 2.05) is 6.92 Å². The Hall–Kier alpha value is -1.38. The van der Waals surface area contributed by atoms with E-state index < -0.39 is 10.0 Å². The minimum Gasteiger partial charge on any atom is -0.326 e. The van der Waals surface area contributed by atoms with Crippen LogP contribution in [0.5, 0.6) is 0 Å². The summed E-state index contributed by atoms with van der Waals surface area (Å²) in [6, 6.07) is 9.86. The summed E-state index contributed by atoms with van der Waals surface area (Å²) in [6.45, 7) is 3.23. The zero-order valence-corrected chi connectivity index (χ0v) is 16.3. The third-order valence-electron chi connectivity index (χ3n) is 2.98. The number of sulfonamides is 1. The van der Waals surface area contributed by atoms with Gasteiger partial charge < -0.3 is 5.32 Å². The molecule has 2 rings (SSSR count). The molecule has 0 spiro atoms. The number of halogens is 2. The van der Waals surface area contributed by atoms with E-state index >= 15 is 0 Å². The molecule has 5 nitrogen and oxygen atoms in total. The SMILES string of the molecule is CC(=O)Nc1cc(NS(=O)(=O)c2cc(Br)ccc2Br)ccc1C. The molecule has 0 aliphatic carbocycles. The van der Waals surface area contributed by atoms with Crippen LogP contribution >= 0.6 is 31.9 Å². The standard InChI is InChI=1S/C15H14Br2N2O3S/c1-9-3-5-12(8-14(9)18-10(2)20)19-23(21,22)15-7-11(16)4-6-13(15)17/h3-8,19H,1-2H3,(H,18,20). The van der Waals surface area contributed by atoms with E-state index in [0.29, 0.717) is 20.3 Å². The van der Waals surface area contributed by atoms with Crippen molar-refractivity contribution in [3.8, 4) is 0 Å². The van der Waals surface area contributed by atoms with Crippen molar-refractivity contribution >= 4 is 59.2 Å². The summed E-state index contributed by atoms with van der Waals surface area (Å²) in [7, 11) is -3.76. The Morgan fingerprint density at radius 3 is 2.43 bits per heavy atom. The second-order valence-electron chi connectivity index (χ2n) is 4.89. The summed E-state index contributed by atoms with van der Waals surface area (Å²) in [5.41, 5.74) is 1.77. The minimum absolute atomic E-state index is 0.119. The molecule has 0 aromatic heterocycles. The first-order chi connectivity index (χ1) is 10.7. The minimum atomic E-state index is -3.76. The second-order valence-corrected chi connectivity index (χ2v) is 8.31. The highest BCUT2D eigenvalue weighted by Gasteiger charge is 2.18. The van der Waals surface area contributed by atoms with E-state index in [0.717, 1.165) is 5.56 Å². The maximum absolute atomic E-state index is 12.5. The Morgan fingerprint density at radius 1 is 1.09 bits per heavy atom. The topological polar surface area (TPSA) is 75.3 Å². The summed E-state index contributed by atoms with van der Waals surface area (Å²) in [5.74, 6) is -0.220. The molecule has 0 bridgehead atoms. The van der Waals surface area contributed by atoms with Crippen LogP contribution in [-0.4, -0.2) is 14.3 Å². The average molecular weight is 462 g/mol. The number of anilines is 2. The number of carbonyl (C=O) groups excluding carboxylic acids is 1. The molecule has 8 heteroatoms. The summed E-state index contributed by atoms with van der Waals surface area (Å²) < 4.78 is 28.7. The van der Waals surface area contributed by atoms with Crippen LogP contribution in [-0.2, 0) is 14.8 Å². The van der Waals surface area contributed by atoms with Crippen molar-refractivity contribution in [3.63, 3.8) is 0 Å². The molecule has 23 heavy (non-hydrogen) atoms. The highest BCUT2D eigenvalue weighted by Crippen LogP contribution is 2.28. The molecule has 0 radical (unpaired) electrons. The third kappa shape index (κ3) is 4.55. The van der Waals surface area contributed by atoms with Gasteiger partial charge in [-0.25, -0.2) is 8.42 Å². The molecule has 2 aromatic carbocycles. The molecular formula is C15H14Br2N2O3S. The molecule has 2 N–H and O–H groups in total. The van der Waals surface area contributed by atoms with Crippen LogP contribution in [0.1, 0.15) is 12.5 Å². The molecule has 1 amide bonds. The van der Waals surface area contributed by atoms with Gasteiger partial charge in [-0.1, -0.05) is 22.0 Å². The van der Waals surface area contributed by atoms with Gasteiger partial charge in [-0.15, -0.1) is 0 Å². The number of carbonyl (C=O) groups is 1. The van der Waals surface area contributed by atoms with Gasteiger partial charge in [0, 0.05) is 21.6 Å². The first kappa shape index (κ1) is 18.0. The molecule has 0 aliphatic heterocycles. The van der Waals surface area contributed by atoms with Crippen LogP contribution in [0, 0.1) is 6.92 Å². The lowest BCUT2D eigenvalue weighted by Gasteiger charge is -2.13. The Bertz CT molecular complexity index is 867. The number of rotatable bonds is 4. The van der Waals surface area contributed by atoms with Gasteiger partial charge >= 0.3 is 0 Å². The maximum atomic E-state index is 12.5. The normalized spacial score (nSPS) is 11.1. The monoisotopic (exact) mass is 460 g/mol. The number of benzene rings is 2. The lowest BCUT2D eigenvalue weighted by Crippen LogP contribution is -2.14. The van der Waals surface area contributed by atoms with Gasteiger partial charge in [0.25, 0.3) is 10.0 Å². The Morgan fingerprint density at radius 2 is 1.78 bits per heavy atom. The molecule has 0 saturated carbocycles. The predicted octanol–water partition coefficient (Wildman–Crippen LogP) is 4.28. The van der Waals surface area contributed by atoms with Gasteiger partial charge in [-0.3, -0.25) is 9.52 Å². The fraction of sp³-hybridized carbons (Fsp3) is 0.133. The largest absolute Gasteiger partial charge is 0.326 e. The maximum Gasteiger partial charge on any atom is 0.263 e. The van der Waals surface area contributed by atoms with Crippen molar-refractivity contribution in [2.75, 3.05) is 10.0 Å². The highest BCUT2D eigenvalue weighted by molar-refractivity contribution is 9.11. The zero-order chi connectivity index (χ0) is 17.2. The lowest BCUT2D eigenvalue weighted by molar-refractivity contribution is -0.114. The fourth-order valence-electron chi connectivity index (χ4n) is 1.90. The van der Waals surface area contributed by atoms with Gasteiger partial charge in [0.05, 0.1) is 5.69 Å². The van der Waals surface area contributed by atoms with Crippen molar-refractivity contribution < 1.29 is 13.2 Å². The van der Waals surface area contributed by atoms with E-state index in [1.54, 1.807) is 30.3 Å². The smallest absolute Gasteiger partial charge is 0.263 e. The average Bonchev–Trinajstić information content (AvgIpc) is 2.44. The van der Waals surface area contributed by atoms with Gasteiger partial charge in [0.15, 0.2) is 0 Å². The van der Waals surface area contributed by atoms with Crippen LogP contribution in [0.4, 0.5) is 11.4 Å². The molecule has 2 aromatic rings. The van der Waals surface area contributed by atoms with Gasteiger partial charge in [-0.05, 0) is 58.7 Å². The van der Waals surface area contributed by atoms with E-state index in [9.17, 15) is 13.2 Å². The fourth-order valence-corrected chi connectivity index (χ4v) is 4.46. The van der Waals surface area contributed by atoms with Gasteiger partial charge in [0.2, 0.25) is 5.91 Å². The summed E-state index contributed by atoms with van der Waals surface area (Å²) >= 11 is 6.50. The zero-order valence-electron chi connectivity index (χ0n) is 12.4. The predicted molar refractivity (Wildman–Crippen MR) is 98.1 cm³/mol. The first-order valence-corrected chi connectivity index (χ1v) is 9.62. The number of hydrogen-bond donors (Lipinski definition) is 2. The van der Waals surface area contributed by atoms with Crippen LogP contribution < -0.4 is 10.0 Å². The molecule has 0 saturated heterocycles. The summed E-state index contributed by atoms with van der Waals surface area (Å²) in [5, 5.41) is 2.67. The molecular weight excluding hydrogens is 448 g/mol. The van der Waals surface area contributed by atoms with Crippen molar-refractivity contribution in [1.82, 2.24) is 0 Å². The number of hydrogen-bond acceptors (Lipinski definition) is 3. The molecule has 0 atom stereocenters. The summed E-state index contributed by atoms with van der Waals surface area (Å²) in [6.07, 6.45) is 0. The number of amides is 1. The number of nitrogens with one attached hydrogen (secondary N) is 2. The molecule has 0 aliphatic rings. The molecule has 0 unspecified atom stereocenters. The summed E-state index contributed by atoms with van der Waals surface area (Å²) in [4.78, 5) is 11.3. The Balaban J connectivity index is 2.37. The quantitative estimate of drug-likeness (QED) is 0.713. The van der Waals surface area contributed by atoms with E-state index in [2.05, 4.69) is 41.9 Å². The van der Waals surface area contributed by atoms with Crippen LogP contribution in [0.15, 0.2) is 50.2 Å². The molecule has 122 valence electrons. The first-order valence-electron chi connectivity index (χ1n) is 6.55. The van der Waals surface area contributed by atoms with Crippen LogP contribution in [0.25, 0.3) is 0 Å². The third-order valence-corrected chi connectivity index (χ3v) is 5.85. The van der Waals surface area contributed by atoms with Crippen LogP contribution in [0.2, 0.25) is 0 Å². The molecule has 0 heterocycles. The molecule has 0 fully saturated rings. The Kier molecular flexibility index (Phi) is 5.49. The van der Waals surface area contributed by atoms with Crippen molar-refractivity contribution in [2.24, 2.45) is 0 Å². The van der Waals surface area contributed by atoms with E-state index in [1.165, 1.54) is 13.0 Å².